The summed E-state index contributed by atoms with van der Waals surface area (Å²) in [6.45, 7) is 2.01. The summed E-state index contributed by atoms with van der Waals surface area (Å²) in [4.78, 5) is 2.09. The SMILES string of the molecule is CN(C)c1ccc(NCc2ccc3c(c2)OCCO3)cc1. The molecule has 4 nitrogen and oxygen atoms in total. The van der Waals surface area contributed by atoms with Crippen molar-refractivity contribution in [3.05, 3.63) is 48.0 Å². The fourth-order valence-electron chi connectivity index (χ4n) is 2.28. The van der Waals surface area contributed by atoms with E-state index in [0.29, 0.717) is 13.2 Å². The zero-order valence-corrected chi connectivity index (χ0v) is 12.4. The Morgan fingerprint density at radius 2 is 1.67 bits per heavy atom. The molecular weight excluding hydrogens is 264 g/mol. The van der Waals surface area contributed by atoms with Crippen molar-refractivity contribution in [2.45, 2.75) is 6.54 Å². The fraction of sp³-hybridized carbons (Fsp3) is 0.294. The van der Waals surface area contributed by atoms with Crippen LogP contribution in [0.4, 0.5) is 11.4 Å². The van der Waals surface area contributed by atoms with Crippen molar-refractivity contribution in [2.24, 2.45) is 0 Å². The van der Waals surface area contributed by atoms with Crippen molar-refractivity contribution in [1.29, 1.82) is 0 Å². The smallest absolute Gasteiger partial charge is 0.161 e. The van der Waals surface area contributed by atoms with Gasteiger partial charge < -0.3 is 19.7 Å². The van der Waals surface area contributed by atoms with Gasteiger partial charge in [-0.2, -0.15) is 0 Å². The predicted octanol–water partition coefficient (Wildman–Crippen LogP) is 3.14. The standard InChI is InChI=1S/C17H20N2O2/c1-19(2)15-6-4-14(5-7-15)18-12-13-3-8-16-17(11-13)21-10-9-20-16/h3-8,11,18H,9-10,12H2,1-2H3. The van der Waals surface area contributed by atoms with Crippen LogP contribution in [-0.4, -0.2) is 27.3 Å². The van der Waals surface area contributed by atoms with E-state index in [1.165, 1.54) is 11.3 Å². The fourth-order valence-corrected chi connectivity index (χ4v) is 2.28. The van der Waals surface area contributed by atoms with E-state index in [9.17, 15) is 0 Å². The van der Waals surface area contributed by atoms with Gasteiger partial charge in [0.05, 0.1) is 0 Å². The molecule has 2 aromatic carbocycles. The average molecular weight is 284 g/mol. The Morgan fingerprint density at radius 1 is 0.952 bits per heavy atom. The lowest BCUT2D eigenvalue weighted by Gasteiger charge is -2.19. The first-order valence-electron chi connectivity index (χ1n) is 7.12. The van der Waals surface area contributed by atoms with Gasteiger partial charge in [-0.25, -0.2) is 0 Å². The first-order chi connectivity index (χ1) is 10.2. The number of ether oxygens (including phenoxy) is 2. The van der Waals surface area contributed by atoms with Gasteiger partial charge in [0.2, 0.25) is 0 Å². The molecule has 0 amide bonds. The van der Waals surface area contributed by atoms with Crippen LogP contribution >= 0.6 is 0 Å². The third-order valence-corrected chi connectivity index (χ3v) is 3.49. The lowest BCUT2D eigenvalue weighted by atomic mass is 10.2. The van der Waals surface area contributed by atoms with Crippen molar-refractivity contribution in [2.75, 3.05) is 37.5 Å². The number of nitrogens with zero attached hydrogens (tertiary/aromatic N) is 1. The van der Waals surface area contributed by atoms with E-state index < -0.39 is 0 Å². The molecule has 21 heavy (non-hydrogen) atoms. The predicted molar refractivity (Wildman–Crippen MR) is 85.5 cm³/mol. The third kappa shape index (κ3) is 3.21. The highest BCUT2D eigenvalue weighted by Gasteiger charge is 2.11. The number of hydrogen-bond donors (Lipinski definition) is 1. The van der Waals surface area contributed by atoms with Crippen molar-refractivity contribution in [1.82, 2.24) is 0 Å². The van der Waals surface area contributed by atoms with Gasteiger partial charge in [0.25, 0.3) is 0 Å². The Balaban J connectivity index is 1.64. The van der Waals surface area contributed by atoms with Crippen LogP contribution in [0.3, 0.4) is 0 Å². The molecule has 0 bridgehead atoms. The summed E-state index contributed by atoms with van der Waals surface area (Å²) < 4.78 is 11.1. The van der Waals surface area contributed by atoms with Gasteiger partial charge in [0.15, 0.2) is 11.5 Å². The maximum Gasteiger partial charge on any atom is 0.161 e. The van der Waals surface area contributed by atoms with Crippen LogP contribution in [0.15, 0.2) is 42.5 Å². The van der Waals surface area contributed by atoms with E-state index in [4.69, 9.17) is 9.47 Å². The van der Waals surface area contributed by atoms with E-state index in [1.54, 1.807) is 0 Å². The first-order valence-corrected chi connectivity index (χ1v) is 7.12. The van der Waals surface area contributed by atoms with Gasteiger partial charge >= 0.3 is 0 Å². The van der Waals surface area contributed by atoms with Crippen LogP contribution in [0.1, 0.15) is 5.56 Å². The Bertz CT molecular complexity index is 609. The Labute approximate surface area is 125 Å². The van der Waals surface area contributed by atoms with Crippen LogP contribution in [0.5, 0.6) is 11.5 Å². The molecule has 0 atom stereocenters. The summed E-state index contributed by atoms with van der Waals surface area (Å²) in [5.74, 6) is 1.67. The zero-order chi connectivity index (χ0) is 14.7. The van der Waals surface area contributed by atoms with Gasteiger partial charge in [-0.1, -0.05) is 6.07 Å². The molecule has 1 aliphatic rings. The summed E-state index contributed by atoms with van der Waals surface area (Å²) in [7, 11) is 4.08. The summed E-state index contributed by atoms with van der Waals surface area (Å²) in [5.41, 5.74) is 3.48. The van der Waals surface area contributed by atoms with Crippen LogP contribution in [0.2, 0.25) is 0 Å². The van der Waals surface area contributed by atoms with Gasteiger partial charge in [-0.15, -0.1) is 0 Å². The van der Waals surface area contributed by atoms with Crippen LogP contribution < -0.4 is 19.7 Å². The highest BCUT2D eigenvalue weighted by molar-refractivity contribution is 5.54. The number of rotatable bonds is 4. The van der Waals surface area contributed by atoms with Crippen molar-refractivity contribution in [3.63, 3.8) is 0 Å². The number of fused-ring (bicyclic) bond motifs is 1. The van der Waals surface area contributed by atoms with Gasteiger partial charge in [-0.3, -0.25) is 0 Å². The minimum absolute atomic E-state index is 0.621. The first kappa shape index (κ1) is 13.6. The van der Waals surface area contributed by atoms with Crippen molar-refractivity contribution >= 4 is 11.4 Å². The molecule has 0 unspecified atom stereocenters. The van der Waals surface area contributed by atoms with Gasteiger partial charge in [-0.05, 0) is 42.0 Å². The number of hydrogen-bond acceptors (Lipinski definition) is 4. The third-order valence-electron chi connectivity index (χ3n) is 3.49. The monoisotopic (exact) mass is 284 g/mol. The lowest BCUT2D eigenvalue weighted by Crippen LogP contribution is -2.15. The molecule has 0 radical (unpaired) electrons. The largest absolute Gasteiger partial charge is 0.486 e. The molecular formula is C17H20N2O2. The summed E-state index contributed by atoms with van der Waals surface area (Å²) in [6, 6.07) is 14.5. The summed E-state index contributed by atoms with van der Waals surface area (Å²) in [6.07, 6.45) is 0. The molecule has 3 rings (SSSR count). The maximum atomic E-state index is 5.60. The molecule has 0 saturated heterocycles. The molecule has 1 aliphatic heterocycles. The number of nitrogens with one attached hydrogen (secondary N) is 1. The number of anilines is 2. The van der Waals surface area contributed by atoms with Crippen LogP contribution in [0.25, 0.3) is 0 Å². The molecule has 4 heteroatoms. The summed E-state index contributed by atoms with van der Waals surface area (Å²) >= 11 is 0. The Morgan fingerprint density at radius 3 is 2.38 bits per heavy atom. The molecule has 1 N–H and O–H groups in total. The molecule has 1 heterocycles. The second-order valence-corrected chi connectivity index (χ2v) is 5.27. The minimum Gasteiger partial charge on any atom is -0.486 e. The van der Waals surface area contributed by atoms with E-state index in [2.05, 4.69) is 40.5 Å². The molecule has 0 aromatic heterocycles. The van der Waals surface area contributed by atoms with Gasteiger partial charge in [0, 0.05) is 32.0 Å². The quantitative estimate of drug-likeness (QED) is 0.935. The highest BCUT2D eigenvalue weighted by atomic mass is 16.6. The highest BCUT2D eigenvalue weighted by Crippen LogP contribution is 2.31. The lowest BCUT2D eigenvalue weighted by molar-refractivity contribution is 0.171. The Hall–Kier alpha value is -2.36. The summed E-state index contributed by atoms with van der Waals surface area (Å²) in [5, 5.41) is 3.42. The molecule has 0 fully saturated rings. The van der Waals surface area contributed by atoms with Crippen molar-refractivity contribution in [3.8, 4) is 11.5 Å². The molecule has 2 aromatic rings. The second-order valence-electron chi connectivity index (χ2n) is 5.27. The normalized spacial score (nSPS) is 12.9. The number of benzene rings is 2. The minimum atomic E-state index is 0.621. The second kappa shape index (κ2) is 5.95. The van der Waals surface area contributed by atoms with E-state index in [0.717, 1.165) is 23.7 Å². The van der Waals surface area contributed by atoms with Gasteiger partial charge in [0.1, 0.15) is 13.2 Å². The average Bonchev–Trinajstić information content (AvgIpc) is 2.53. The van der Waals surface area contributed by atoms with E-state index in [-0.39, 0.29) is 0 Å². The zero-order valence-electron chi connectivity index (χ0n) is 12.4. The van der Waals surface area contributed by atoms with E-state index >= 15 is 0 Å². The molecule has 0 spiro atoms. The van der Waals surface area contributed by atoms with Crippen molar-refractivity contribution < 1.29 is 9.47 Å². The topological polar surface area (TPSA) is 33.7 Å². The molecule has 0 aliphatic carbocycles. The molecule has 0 saturated carbocycles. The molecule has 110 valence electrons. The maximum absolute atomic E-state index is 5.60. The van der Waals surface area contributed by atoms with Crippen LogP contribution in [-0.2, 0) is 6.54 Å². The van der Waals surface area contributed by atoms with E-state index in [1.807, 2.05) is 26.2 Å². The van der Waals surface area contributed by atoms with Crippen LogP contribution in [0, 0.1) is 0 Å². The Kier molecular flexibility index (Phi) is 3.86.